The number of carbonyl (C=O) groups is 2. The minimum absolute atomic E-state index is 0.0755. The number of esters is 1. The number of fused-ring (bicyclic) bond motifs is 1. The molecule has 5 heteroatoms. The second-order valence-electron chi connectivity index (χ2n) is 8.97. The van der Waals surface area contributed by atoms with Gasteiger partial charge >= 0.3 is 5.97 Å². The summed E-state index contributed by atoms with van der Waals surface area (Å²) >= 11 is 0. The van der Waals surface area contributed by atoms with E-state index in [0.717, 1.165) is 11.1 Å². The molecule has 144 valence electrons. The van der Waals surface area contributed by atoms with E-state index >= 15 is 0 Å². The molecule has 3 aliphatic carbocycles. The molecule has 5 rings (SSSR count). The van der Waals surface area contributed by atoms with Crippen molar-refractivity contribution >= 4 is 11.8 Å². The first-order chi connectivity index (χ1) is 12.7. The van der Waals surface area contributed by atoms with Gasteiger partial charge in [0.2, 0.25) is 0 Å². The molecule has 1 aromatic carbocycles. The van der Waals surface area contributed by atoms with Crippen LogP contribution in [0.5, 0.6) is 0 Å². The van der Waals surface area contributed by atoms with E-state index in [1.807, 2.05) is 58.0 Å². The van der Waals surface area contributed by atoms with Crippen LogP contribution in [-0.2, 0) is 23.8 Å². The topological polar surface area (TPSA) is 61.8 Å². The van der Waals surface area contributed by atoms with Gasteiger partial charge in [0.25, 0.3) is 0 Å². The Morgan fingerprint density at radius 2 is 1.96 bits per heavy atom. The van der Waals surface area contributed by atoms with Crippen molar-refractivity contribution in [2.75, 3.05) is 13.2 Å². The third-order valence-corrected chi connectivity index (χ3v) is 6.25. The van der Waals surface area contributed by atoms with Gasteiger partial charge in [-0.15, -0.1) is 0 Å². The van der Waals surface area contributed by atoms with Crippen LogP contribution < -0.4 is 0 Å². The molecular formula is C22H26O5. The minimum Gasteiger partial charge on any atom is -0.464 e. The van der Waals surface area contributed by atoms with Gasteiger partial charge in [0.15, 0.2) is 12.1 Å². The Morgan fingerprint density at radius 3 is 2.59 bits per heavy atom. The molecule has 1 saturated carbocycles. The Bertz CT molecular complexity index is 806. The van der Waals surface area contributed by atoms with Crippen molar-refractivity contribution in [3.05, 3.63) is 47.5 Å². The van der Waals surface area contributed by atoms with E-state index in [1.165, 1.54) is 0 Å². The van der Waals surface area contributed by atoms with Crippen molar-refractivity contribution in [3.8, 4) is 0 Å². The monoisotopic (exact) mass is 370 g/mol. The van der Waals surface area contributed by atoms with Gasteiger partial charge < -0.3 is 14.2 Å². The summed E-state index contributed by atoms with van der Waals surface area (Å²) in [5.41, 5.74) is -0.0238. The van der Waals surface area contributed by atoms with Gasteiger partial charge in [-0.2, -0.15) is 0 Å². The van der Waals surface area contributed by atoms with Crippen LogP contribution in [0.3, 0.4) is 0 Å². The zero-order chi connectivity index (χ0) is 19.4. The Morgan fingerprint density at radius 1 is 1.26 bits per heavy atom. The predicted molar refractivity (Wildman–Crippen MR) is 98.7 cm³/mol. The van der Waals surface area contributed by atoms with Crippen molar-refractivity contribution in [1.82, 2.24) is 0 Å². The van der Waals surface area contributed by atoms with Crippen LogP contribution >= 0.6 is 0 Å². The van der Waals surface area contributed by atoms with Crippen molar-refractivity contribution in [2.24, 2.45) is 16.7 Å². The molecule has 1 heterocycles. The third-order valence-electron chi connectivity index (χ3n) is 6.25. The number of ketones is 1. The molecule has 1 aliphatic heterocycles. The lowest BCUT2D eigenvalue weighted by Crippen LogP contribution is -2.75. The van der Waals surface area contributed by atoms with Gasteiger partial charge in [0, 0.05) is 11.5 Å². The highest BCUT2D eigenvalue weighted by Crippen LogP contribution is 2.66. The zero-order valence-electron chi connectivity index (χ0n) is 16.3. The molecule has 0 radical (unpaired) electrons. The van der Waals surface area contributed by atoms with Crippen LogP contribution in [0.1, 0.15) is 46.0 Å². The fourth-order valence-electron chi connectivity index (χ4n) is 4.55. The first-order valence-corrected chi connectivity index (χ1v) is 9.44. The van der Waals surface area contributed by atoms with Crippen molar-refractivity contribution in [3.63, 3.8) is 0 Å². The van der Waals surface area contributed by atoms with E-state index in [0.29, 0.717) is 13.0 Å². The van der Waals surface area contributed by atoms with Crippen LogP contribution in [0.2, 0.25) is 0 Å². The van der Waals surface area contributed by atoms with Gasteiger partial charge in [-0.3, -0.25) is 9.59 Å². The zero-order valence-corrected chi connectivity index (χ0v) is 16.3. The van der Waals surface area contributed by atoms with Crippen molar-refractivity contribution < 1.29 is 23.8 Å². The number of hydrogen-bond acceptors (Lipinski definition) is 5. The fourth-order valence-corrected chi connectivity index (χ4v) is 4.55. The second-order valence-corrected chi connectivity index (χ2v) is 8.97. The summed E-state index contributed by atoms with van der Waals surface area (Å²) in [4.78, 5) is 24.9. The average Bonchev–Trinajstić information content (AvgIpc) is 2.61. The maximum absolute atomic E-state index is 12.6. The summed E-state index contributed by atoms with van der Waals surface area (Å²) in [6.07, 6.45) is 1.81. The van der Waals surface area contributed by atoms with Crippen molar-refractivity contribution in [1.29, 1.82) is 0 Å². The smallest absolute Gasteiger partial charge is 0.311 e. The summed E-state index contributed by atoms with van der Waals surface area (Å²) in [6, 6.07) is 9.78. The largest absolute Gasteiger partial charge is 0.464 e. The lowest BCUT2D eigenvalue weighted by atomic mass is 9.44. The number of benzene rings is 1. The molecule has 5 nitrogen and oxygen atoms in total. The van der Waals surface area contributed by atoms with E-state index in [9.17, 15) is 9.59 Å². The number of carbonyl (C=O) groups excluding carboxylic acids is 2. The number of rotatable bonds is 3. The first-order valence-electron chi connectivity index (χ1n) is 9.44. The van der Waals surface area contributed by atoms with E-state index in [1.54, 1.807) is 6.08 Å². The number of hydrogen-bond donors (Lipinski definition) is 0. The molecular weight excluding hydrogens is 344 g/mol. The predicted octanol–water partition coefficient (Wildman–Crippen LogP) is 3.60. The first kappa shape index (κ1) is 18.4. The van der Waals surface area contributed by atoms with E-state index in [-0.39, 0.29) is 24.3 Å². The Labute approximate surface area is 159 Å². The SMILES string of the molecule is CC1=CC(=O)[C@H]2C[C@@]13O[C@H](c1ccccc1)OC[C@]23COC(=O)C(C)(C)C. The van der Waals surface area contributed by atoms with Crippen LogP contribution in [0.15, 0.2) is 42.0 Å². The third kappa shape index (κ3) is 2.59. The molecule has 1 saturated heterocycles. The van der Waals surface area contributed by atoms with Crippen LogP contribution in [0.25, 0.3) is 0 Å². The molecule has 27 heavy (non-hydrogen) atoms. The van der Waals surface area contributed by atoms with Crippen LogP contribution in [0.4, 0.5) is 0 Å². The fraction of sp³-hybridized carbons (Fsp3) is 0.545. The quantitative estimate of drug-likeness (QED) is 0.761. The Hall–Kier alpha value is -1.98. The molecule has 1 aromatic rings. The minimum atomic E-state index is -0.644. The van der Waals surface area contributed by atoms with Crippen molar-refractivity contribution in [2.45, 2.75) is 46.0 Å². The van der Waals surface area contributed by atoms with Crippen LogP contribution in [-0.4, -0.2) is 30.6 Å². The summed E-state index contributed by atoms with van der Waals surface area (Å²) in [5, 5.41) is 0. The average molecular weight is 370 g/mol. The van der Waals surface area contributed by atoms with Crippen LogP contribution in [0, 0.1) is 16.7 Å². The molecule has 2 fully saturated rings. The standard InChI is InChI=1S/C22H26O5/c1-14-10-17(23)16-11-22(14)21(16,13-26-19(24)20(2,3)4)12-25-18(27-22)15-8-6-5-7-9-15/h5-10,16,18H,11-13H2,1-4H3/t16-,18-,21+,22-/m1/s1. The number of ether oxygens (including phenoxy) is 3. The summed E-state index contributed by atoms with van der Waals surface area (Å²) in [7, 11) is 0. The molecule has 4 aliphatic rings. The van der Waals surface area contributed by atoms with Gasteiger partial charge in [0.05, 0.1) is 17.4 Å². The summed E-state index contributed by atoms with van der Waals surface area (Å²) < 4.78 is 18.2. The highest BCUT2D eigenvalue weighted by molar-refractivity contribution is 5.97. The van der Waals surface area contributed by atoms with Gasteiger partial charge in [-0.25, -0.2) is 0 Å². The molecule has 0 amide bonds. The normalized spacial score (nSPS) is 35.0. The Kier molecular flexibility index (Phi) is 4.09. The highest BCUT2D eigenvalue weighted by Gasteiger charge is 2.74. The summed E-state index contributed by atoms with van der Waals surface area (Å²) in [6.45, 7) is 7.85. The van der Waals surface area contributed by atoms with E-state index in [2.05, 4.69) is 0 Å². The maximum Gasteiger partial charge on any atom is 0.311 e. The van der Waals surface area contributed by atoms with E-state index in [4.69, 9.17) is 14.2 Å². The van der Waals surface area contributed by atoms with Gasteiger partial charge in [0.1, 0.15) is 12.2 Å². The molecule has 1 spiro atoms. The molecule has 2 bridgehead atoms. The van der Waals surface area contributed by atoms with Gasteiger partial charge in [-0.1, -0.05) is 30.3 Å². The number of allylic oxidation sites excluding steroid dienone is 1. The Balaban J connectivity index is 1.64. The lowest BCUT2D eigenvalue weighted by molar-refractivity contribution is -0.367. The lowest BCUT2D eigenvalue weighted by Gasteiger charge is -2.67. The molecule has 0 aromatic heterocycles. The molecule has 0 N–H and O–H groups in total. The maximum atomic E-state index is 12.6. The highest BCUT2D eigenvalue weighted by atomic mass is 16.7. The van der Waals surface area contributed by atoms with Gasteiger partial charge in [-0.05, 0) is 45.8 Å². The second kappa shape index (κ2) is 6.01. The summed E-state index contributed by atoms with van der Waals surface area (Å²) in [5.74, 6) is -0.437. The molecule has 4 atom stereocenters. The molecule has 0 unspecified atom stereocenters. The van der Waals surface area contributed by atoms with E-state index < -0.39 is 22.7 Å².